The van der Waals surface area contributed by atoms with Crippen molar-refractivity contribution >= 4 is 23.0 Å². The van der Waals surface area contributed by atoms with Gasteiger partial charge in [-0.15, -0.1) is 11.3 Å². The summed E-state index contributed by atoms with van der Waals surface area (Å²) in [6.07, 6.45) is 1.76. The number of nitrogens with zero attached hydrogens (tertiary/aromatic N) is 1. The van der Waals surface area contributed by atoms with E-state index >= 15 is 0 Å². The van der Waals surface area contributed by atoms with Crippen molar-refractivity contribution in [1.82, 2.24) is 0 Å². The second-order valence-electron chi connectivity index (χ2n) is 5.94. The van der Waals surface area contributed by atoms with Crippen LogP contribution >= 0.6 is 11.3 Å². The third kappa shape index (κ3) is 2.22. The molecule has 2 atom stereocenters. The van der Waals surface area contributed by atoms with Gasteiger partial charge < -0.3 is 9.47 Å². The van der Waals surface area contributed by atoms with E-state index in [2.05, 4.69) is 12.1 Å². The molecule has 0 bridgehead atoms. The molecule has 0 fully saturated rings. The van der Waals surface area contributed by atoms with Gasteiger partial charge in [-0.1, -0.05) is 12.1 Å². The maximum Gasteiger partial charge on any atom is 0.205 e. The Kier molecular flexibility index (Phi) is 3.62. The quantitative estimate of drug-likeness (QED) is 0.887. The number of rotatable bonds is 2. The lowest BCUT2D eigenvalue weighted by atomic mass is 9.76. The summed E-state index contributed by atoms with van der Waals surface area (Å²) < 4.78 is 11.2. The number of thiophene rings is 1. The Morgan fingerprint density at radius 3 is 2.92 bits per heavy atom. The molecular weight excluding hydrogens is 320 g/mol. The molecule has 1 aliphatic heterocycles. The lowest BCUT2D eigenvalue weighted by Gasteiger charge is -2.35. The summed E-state index contributed by atoms with van der Waals surface area (Å²) >= 11 is 1.63. The molecule has 2 aliphatic rings. The summed E-state index contributed by atoms with van der Waals surface area (Å²) in [5.41, 5.74) is 3.31. The highest BCUT2D eigenvalue weighted by atomic mass is 32.1. The molecule has 1 aromatic carbocycles. The topological polar surface area (TPSA) is 66.1 Å². The molecule has 1 aliphatic carbocycles. The van der Waals surface area contributed by atoms with Crippen LogP contribution in [0.5, 0.6) is 5.75 Å². The van der Waals surface area contributed by atoms with Crippen LogP contribution < -0.4 is 4.74 Å². The van der Waals surface area contributed by atoms with E-state index in [0.29, 0.717) is 0 Å². The number of ether oxygens (including phenoxy) is 2. The Hall–Kier alpha value is -2.58. The van der Waals surface area contributed by atoms with Crippen molar-refractivity contribution < 1.29 is 9.47 Å². The number of hydrogen-bond donors (Lipinski definition) is 1. The highest BCUT2D eigenvalue weighted by molar-refractivity contribution is 7.10. The highest BCUT2D eigenvalue weighted by Gasteiger charge is 2.41. The van der Waals surface area contributed by atoms with Gasteiger partial charge in [-0.25, -0.2) is 0 Å². The number of allylic oxidation sites excluding steroid dienone is 1. The zero-order valence-electron chi connectivity index (χ0n) is 13.2. The van der Waals surface area contributed by atoms with E-state index < -0.39 is 5.92 Å². The molecule has 0 saturated heterocycles. The number of methoxy groups -OCH3 is 1. The van der Waals surface area contributed by atoms with Crippen molar-refractivity contribution in [2.24, 2.45) is 5.92 Å². The van der Waals surface area contributed by atoms with Crippen molar-refractivity contribution in [3.05, 3.63) is 57.3 Å². The average molecular weight is 336 g/mol. The molecule has 2 heterocycles. The Labute approximate surface area is 144 Å². The predicted molar refractivity (Wildman–Crippen MR) is 93.2 cm³/mol. The van der Waals surface area contributed by atoms with E-state index in [9.17, 15) is 5.26 Å². The van der Waals surface area contributed by atoms with E-state index in [1.165, 1.54) is 5.56 Å². The molecule has 5 heteroatoms. The standard InChI is InChI=1S/C19H16N2O2S/c1-22-12-6-4-11-5-7-13-17(16-3-2-8-24-16)15(10-20)19(21)23-18(13)14(11)9-12/h2-4,6,8-9,15,17,21H,5,7H2,1H3. The van der Waals surface area contributed by atoms with Gasteiger partial charge in [-0.05, 0) is 47.6 Å². The lowest BCUT2D eigenvalue weighted by Crippen LogP contribution is -2.31. The smallest absolute Gasteiger partial charge is 0.205 e. The molecule has 2 unspecified atom stereocenters. The Morgan fingerprint density at radius 1 is 1.33 bits per heavy atom. The fraction of sp³-hybridized carbons (Fsp3) is 0.263. The normalized spacial score (nSPS) is 22.2. The van der Waals surface area contributed by atoms with Crippen LogP contribution in [0.25, 0.3) is 5.76 Å². The number of hydrogen-bond acceptors (Lipinski definition) is 5. The fourth-order valence-corrected chi connectivity index (χ4v) is 4.44. The molecule has 1 N–H and O–H groups in total. The molecule has 120 valence electrons. The zero-order chi connectivity index (χ0) is 16.7. The van der Waals surface area contributed by atoms with Crippen molar-refractivity contribution in [2.75, 3.05) is 7.11 Å². The van der Waals surface area contributed by atoms with Crippen LogP contribution in [0.4, 0.5) is 0 Å². The van der Waals surface area contributed by atoms with E-state index in [0.717, 1.165) is 40.4 Å². The Bertz CT molecular complexity index is 877. The monoisotopic (exact) mass is 336 g/mol. The second kappa shape index (κ2) is 5.81. The first kappa shape index (κ1) is 15.0. The Balaban J connectivity index is 1.91. The minimum Gasteiger partial charge on any atom is -0.497 e. The van der Waals surface area contributed by atoms with Crippen LogP contribution in [0.1, 0.15) is 28.3 Å². The summed E-state index contributed by atoms with van der Waals surface area (Å²) in [4.78, 5) is 1.12. The van der Waals surface area contributed by atoms with Gasteiger partial charge in [0.2, 0.25) is 5.90 Å². The number of aryl methyl sites for hydroxylation is 1. The first-order valence-electron chi connectivity index (χ1n) is 7.82. The minimum atomic E-state index is -0.561. The van der Waals surface area contributed by atoms with Gasteiger partial charge in [0.15, 0.2) is 0 Å². The SMILES string of the molecule is COc1ccc2c(c1)C1=C(CC2)C(c2cccs2)C(C#N)C(=N)O1. The van der Waals surface area contributed by atoms with Gasteiger partial charge in [0.25, 0.3) is 0 Å². The zero-order valence-corrected chi connectivity index (χ0v) is 14.0. The van der Waals surface area contributed by atoms with Gasteiger partial charge in [0, 0.05) is 16.4 Å². The number of benzene rings is 1. The van der Waals surface area contributed by atoms with E-state index in [1.54, 1.807) is 18.4 Å². The van der Waals surface area contributed by atoms with Gasteiger partial charge in [-0.2, -0.15) is 5.26 Å². The molecule has 0 saturated carbocycles. The summed E-state index contributed by atoms with van der Waals surface area (Å²) in [6, 6.07) is 12.3. The largest absolute Gasteiger partial charge is 0.497 e. The van der Waals surface area contributed by atoms with E-state index in [1.807, 2.05) is 29.6 Å². The van der Waals surface area contributed by atoms with Crippen LogP contribution in [0.3, 0.4) is 0 Å². The van der Waals surface area contributed by atoms with Crippen LogP contribution in [-0.2, 0) is 11.2 Å². The Morgan fingerprint density at radius 2 is 2.21 bits per heavy atom. The molecule has 4 nitrogen and oxygen atoms in total. The third-order valence-corrected chi connectivity index (χ3v) is 5.66. The molecule has 4 rings (SSSR count). The van der Waals surface area contributed by atoms with Crippen molar-refractivity contribution in [3.8, 4) is 11.8 Å². The maximum absolute atomic E-state index is 9.59. The number of nitriles is 1. The molecule has 24 heavy (non-hydrogen) atoms. The molecular formula is C19H16N2O2S. The first-order valence-corrected chi connectivity index (χ1v) is 8.70. The van der Waals surface area contributed by atoms with Crippen LogP contribution in [0.15, 0.2) is 41.3 Å². The summed E-state index contributed by atoms with van der Waals surface area (Å²) in [6.45, 7) is 0. The highest BCUT2D eigenvalue weighted by Crippen LogP contribution is 2.48. The number of nitrogens with one attached hydrogen (secondary N) is 1. The molecule has 2 aromatic rings. The van der Waals surface area contributed by atoms with Gasteiger partial charge >= 0.3 is 0 Å². The molecule has 1 aromatic heterocycles. The lowest BCUT2D eigenvalue weighted by molar-refractivity contribution is 0.404. The summed E-state index contributed by atoms with van der Waals surface area (Å²) in [5.74, 6) is 0.892. The maximum atomic E-state index is 9.59. The molecule has 0 amide bonds. The second-order valence-corrected chi connectivity index (χ2v) is 6.92. The van der Waals surface area contributed by atoms with Crippen LogP contribution in [-0.4, -0.2) is 13.0 Å². The van der Waals surface area contributed by atoms with Crippen molar-refractivity contribution in [1.29, 1.82) is 10.7 Å². The number of fused-ring (bicyclic) bond motifs is 2. The van der Waals surface area contributed by atoms with Gasteiger partial charge in [0.05, 0.1) is 13.2 Å². The van der Waals surface area contributed by atoms with Gasteiger partial charge in [-0.3, -0.25) is 5.41 Å². The predicted octanol–water partition coefficient (Wildman–Crippen LogP) is 4.35. The van der Waals surface area contributed by atoms with E-state index in [4.69, 9.17) is 14.9 Å². The average Bonchev–Trinajstić information content (AvgIpc) is 3.14. The summed E-state index contributed by atoms with van der Waals surface area (Å²) in [7, 11) is 1.64. The fourth-order valence-electron chi connectivity index (χ4n) is 3.55. The van der Waals surface area contributed by atoms with Crippen LogP contribution in [0.2, 0.25) is 0 Å². The third-order valence-electron chi connectivity index (χ3n) is 4.71. The summed E-state index contributed by atoms with van der Waals surface area (Å²) in [5, 5.41) is 19.8. The molecule has 0 radical (unpaired) electrons. The van der Waals surface area contributed by atoms with Crippen molar-refractivity contribution in [3.63, 3.8) is 0 Å². The van der Waals surface area contributed by atoms with E-state index in [-0.39, 0.29) is 11.8 Å². The van der Waals surface area contributed by atoms with Crippen molar-refractivity contribution in [2.45, 2.75) is 18.8 Å². The first-order chi connectivity index (χ1) is 11.7. The van der Waals surface area contributed by atoms with Gasteiger partial charge in [0.1, 0.15) is 17.4 Å². The van der Waals surface area contributed by atoms with Crippen LogP contribution in [0, 0.1) is 22.7 Å². The minimum absolute atomic E-state index is 0.0327. The molecule has 0 spiro atoms.